The van der Waals surface area contributed by atoms with Crippen LogP contribution in [0.3, 0.4) is 0 Å². The molecular weight excluding hydrogens is 309 g/mol. The molecule has 0 spiro atoms. The average molecular weight is 335 g/mol. The maximum Gasteiger partial charge on any atom is 0.236 e. The second kappa shape index (κ2) is 8.78. The number of hydrogen-bond donors (Lipinski definition) is 0. The fraction of sp³-hybridized carbons (Fsp3) is 0.556. The van der Waals surface area contributed by atoms with Gasteiger partial charge in [0.1, 0.15) is 5.82 Å². The van der Waals surface area contributed by atoms with Gasteiger partial charge in [0.05, 0.1) is 13.0 Å². The van der Waals surface area contributed by atoms with Crippen LogP contribution in [-0.4, -0.2) is 72.3 Å². The van der Waals surface area contributed by atoms with Crippen LogP contribution >= 0.6 is 0 Å². The Kier molecular flexibility index (Phi) is 6.73. The summed E-state index contributed by atoms with van der Waals surface area (Å²) in [4.78, 5) is 30.2. The lowest BCUT2D eigenvalue weighted by molar-refractivity contribution is -0.134. The van der Waals surface area contributed by atoms with Crippen LogP contribution in [-0.2, 0) is 16.0 Å². The van der Waals surface area contributed by atoms with Crippen LogP contribution in [0.25, 0.3) is 0 Å². The summed E-state index contributed by atoms with van der Waals surface area (Å²) < 4.78 is 12.9. The van der Waals surface area contributed by atoms with Gasteiger partial charge >= 0.3 is 0 Å². The Morgan fingerprint density at radius 3 is 2.17 bits per heavy atom. The standard InChI is InChI=1S/C18H26FN3O2/c1-3-21(4-2)18(24)14-20-9-11-22(12-10-20)17(23)13-15-5-7-16(19)8-6-15/h5-8H,3-4,9-14H2,1-2H3. The second-order valence-corrected chi connectivity index (χ2v) is 6.03. The van der Waals surface area contributed by atoms with Gasteiger partial charge in [-0.25, -0.2) is 4.39 Å². The number of benzene rings is 1. The molecule has 2 rings (SSSR count). The number of hydrogen-bond acceptors (Lipinski definition) is 3. The Hall–Kier alpha value is -1.95. The van der Waals surface area contributed by atoms with E-state index in [1.807, 2.05) is 23.6 Å². The number of carbonyl (C=O) groups excluding carboxylic acids is 2. The summed E-state index contributed by atoms with van der Waals surface area (Å²) in [6, 6.07) is 6.04. The zero-order chi connectivity index (χ0) is 17.5. The van der Waals surface area contributed by atoms with Crippen LogP contribution in [0, 0.1) is 5.82 Å². The molecule has 1 fully saturated rings. The van der Waals surface area contributed by atoms with Crippen LogP contribution in [0.2, 0.25) is 0 Å². The summed E-state index contributed by atoms with van der Waals surface area (Å²) in [5.74, 6) is -0.0971. The molecule has 1 heterocycles. The summed E-state index contributed by atoms with van der Waals surface area (Å²) in [5, 5.41) is 0. The van der Waals surface area contributed by atoms with Gasteiger partial charge in [0.25, 0.3) is 0 Å². The summed E-state index contributed by atoms with van der Waals surface area (Å²) in [7, 11) is 0. The zero-order valence-corrected chi connectivity index (χ0v) is 14.5. The SMILES string of the molecule is CCN(CC)C(=O)CN1CCN(C(=O)Cc2ccc(F)cc2)CC1. The van der Waals surface area contributed by atoms with Gasteiger partial charge in [-0.1, -0.05) is 12.1 Å². The van der Waals surface area contributed by atoms with Crippen molar-refractivity contribution in [2.24, 2.45) is 0 Å². The first-order valence-electron chi connectivity index (χ1n) is 8.55. The Morgan fingerprint density at radius 2 is 1.62 bits per heavy atom. The molecule has 1 aromatic rings. The lowest BCUT2D eigenvalue weighted by Crippen LogP contribution is -2.51. The maximum absolute atomic E-state index is 12.9. The van der Waals surface area contributed by atoms with E-state index in [0.717, 1.165) is 18.7 Å². The van der Waals surface area contributed by atoms with Crippen molar-refractivity contribution in [3.63, 3.8) is 0 Å². The number of nitrogens with zero attached hydrogens (tertiary/aromatic N) is 3. The maximum atomic E-state index is 12.9. The smallest absolute Gasteiger partial charge is 0.236 e. The van der Waals surface area contributed by atoms with Crippen molar-refractivity contribution in [1.29, 1.82) is 0 Å². The zero-order valence-electron chi connectivity index (χ0n) is 14.5. The molecule has 5 nitrogen and oxygen atoms in total. The monoisotopic (exact) mass is 335 g/mol. The molecule has 0 aliphatic carbocycles. The summed E-state index contributed by atoms with van der Waals surface area (Å²) in [6.07, 6.45) is 0.290. The van der Waals surface area contributed by atoms with Crippen molar-refractivity contribution in [3.8, 4) is 0 Å². The Morgan fingerprint density at radius 1 is 1.04 bits per heavy atom. The van der Waals surface area contributed by atoms with E-state index in [1.165, 1.54) is 12.1 Å². The van der Waals surface area contributed by atoms with Crippen molar-refractivity contribution in [2.75, 3.05) is 45.8 Å². The highest BCUT2D eigenvalue weighted by Gasteiger charge is 2.23. The molecule has 24 heavy (non-hydrogen) atoms. The van der Waals surface area contributed by atoms with Crippen LogP contribution in [0.5, 0.6) is 0 Å². The highest BCUT2D eigenvalue weighted by molar-refractivity contribution is 5.79. The van der Waals surface area contributed by atoms with E-state index in [9.17, 15) is 14.0 Å². The van der Waals surface area contributed by atoms with Gasteiger partial charge in [-0.15, -0.1) is 0 Å². The van der Waals surface area contributed by atoms with E-state index in [1.54, 1.807) is 12.1 Å². The molecule has 0 bridgehead atoms. The largest absolute Gasteiger partial charge is 0.342 e. The quantitative estimate of drug-likeness (QED) is 0.789. The minimum atomic E-state index is -0.294. The predicted molar refractivity (Wildman–Crippen MR) is 91.1 cm³/mol. The molecule has 1 aliphatic heterocycles. The molecule has 0 atom stereocenters. The molecule has 6 heteroatoms. The number of rotatable bonds is 6. The third kappa shape index (κ3) is 5.03. The lowest BCUT2D eigenvalue weighted by atomic mass is 10.1. The number of halogens is 1. The topological polar surface area (TPSA) is 43.9 Å². The minimum Gasteiger partial charge on any atom is -0.342 e. The number of likely N-dealkylation sites (N-methyl/N-ethyl adjacent to an activating group) is 1. The van der Waals surface area contributed by atoms with E-state index in [0.29, 0.717) is 39.1 Å². The third-order valence-corrected chi connectivity index (χ3v) is 4.47. The highest BCUT2D eigenvalue weighted by atomic mass is 19.1. The van der Waals surface area contributed by atoms with Gasteiger partial charge < -0.3 is 9.80 Å². The van der Waals surface area contributed by atoms with Gasteiger partial charge in [0.2, 0.25) is 11.8 Å². The molecular formula is C18H26FN3O2. The fourth-order valence-corrected chi connectivity index (χ4v) is 2.91. The summed E-state index contributed by atoms with van der Waals surface area (Å²) >= 11 is 0. The Labute approximate surface area is 143 Å². The van der Waals surface area contributed by atoms with Crippen LogP contribution in [0.4, 0.5) is 4.39 Å². The van der Waals surface area contributed by atoms with Gasteiger partial charge in [0.15, 0.2) is 0 Å². The van der Waals surface area contributed by atoms with Crippen molar-refractivity contribution < 1.29 is 14.0 Å². The molecule has 1 aromatic carbocycles. The molecule has 1 saturated heterocycles. The Bertz CT molecular complexity index is 550. The molecule has 1 aliphatic rings. The van der Waals surface area contributed by atoms with Gasteiger partial charge in [-0.3, -0.25) is 14.5 Å². The van der Waals surface area contributed by atoms with Gasteiger partial charge in [-0.2, -0.15) is 0 Å². The molecule has 132 valence electrons. The van der Waals surface area contributed by atoms with E-state index in [2.05, 4.69) is 4.90 Å². The molecule has 0 N–H and O–H groups in total. The molecule has 0 radical (unpaired) electrons. The first kappa shape index (κ1) is 18.4. The average Bonchev–Trinajstić information content (AvgIpc) is 2.58. The van der Waals surface area contributed by atoms with Crippen LogP contribution in [0.1, 0.15) is 19.4 Å². The van der Waals surface area contributed by atoms with Gasteiger partial charge in [-0.05, 0) is 31.5 Å². The lowest BCUT2D eigenvalue weighted by Gasteiger charge is -2.35. The molecule has 0 aromatic heterocycles. The van der Waals surface area contributed by atoms with E-state index in [4.69, 9.17) is 0 Å². The fourth-order valence-electron chi connectivity index (χ4n) is 2.91. The third-order valence-electron chi connectivity index (χ3n) is 4.47. The Balaban J connectivity index is 1.78. The number of amides is 2. The first-order chi connectivity index (χ1) is 11.5. The molecule has 2 amide bonds. The van der Waals surface area contributed by atoms with Crippen molar-refractivity contribution >= 4 is 11.8 Å². The number of carbonyl (C=O) groups is 2. The van der Waals surface area contributed by atoms with Crippen LogP contribution in [0.15, 0.2) is 24.3 Å². The second-order valence-electron chi connectivity index (χ2n) is 6.03. The van der Waals surface area contributed by atoms with Crippen LogP contribution < -0.4 is 0 Å². The van der Waals surface area contributed by atoms with Crippen molar-refractivity contribution in [2.45, 2.75) is 20.3 Å². The van der Waals surface area contributed by atoms with Gasteiger partial charge in [0, 0.05) is 39.3 Å². The minimum absolute atomic E-state index is 0.0522. The number of piperazine rings is 1. The highest BCUT2D eigenvalue weighted by Crippen LogP contribution is 2.08. The van der Waals surface area contributed by atoms with Crippen molar-refractivity contribution in [1.82, 2.24) is 14.7 Å². The molecule has 0 unspecified atom stereocenters. The summed E-state index contributed by atoms with van der Waals surface area (Å²) in [5.41, 5.74) is 0.820. The van der Waals surface area contributed by atoms with E-state index >= 15 is 0 Å². The normalized spacial score (nSPS) is 15.4. The summed E-state index contributed by atoms with van der Waals surface area (Å²) in [6.45, 7) is 8.51. The molecule has 0 saturated carbocycles. The van der Waals surface area contributed by atoms with E-state index in [-0.39, 0.29) is 17.6 Å². The van der Waals surface area contributed by atoms with Crippen molar-refractivity contribution in [3.05, 3.63) is 35.6 Å². The predicted octanol–water partition coefficient (Wildman–Crippen LogP) is 1.38. The first-order valence-corrected chi connectivity index (χ1v) is 8.55. The van der Waals surface area contributed by atoms with E-state index < -0.39 is 0 Å².